The van der Waals surface area contributed by atoms with Gasteiger partial charge in [0, 0.05) is 44.3 Å². The van der Waals surface area contributed by atoms with Gasteiger partial charge in [0.05, 0.1) is 5.92 Å². The zero-order valence-corrected chi connectivity index (χ0v) is 13.3. The molecular weight excluding hydrogens is 304 g/mol. The molecule has 2 atom stereocenters. The molecular formula is C16H19ClN2O3. The second-order valence-corrected chi connectivity index (χ2v) is 6.81. The summed E-state index contributed by atoms with van der Waals surface area (Å²) in [5, 5.41) is 0.697. The molecule has 4 rings (SSSR count). The maximum Gasteiger partial charge on any atom is 0.231 e. The maximum absolute atomic E-state index is 12.3. The van der Waals surface area contributed by atoms with Crippen LogP contribution in [0.2, 0.25) is 5.02 Å². The van der Waals surface area contributed by atoms with Crippen LogP contribution in [0.15, 0.2) is 12.1 Å². The predicted octanol–water partition coefficient (Wildman–Crippen LogP) is 1.98. The first-order valence-electron chi connectivity index (χ1n) is 7.67. The van der Waals surface area contributed by atoms with E-state index >= 15 is 0 Å². The van der Waals surface area contributed by atoms with Crippen molar-refractivity contribution in [3.8, 4) is 11.5 Å². The molecule has 0 spiro atoms. The number of likely N-dealkylation sites (tertiary alicyclic amines) is 2. The normalized spacial score (nSPS) is 27.4. The van der Waals surface area contributed by atoms with E-state index in [1.165, 1.54) is 0 Å². The summed E-state index contributed by atoms with van der Waals surface area (Å²) in [7, 11) is 1.90. The van der Waals surface area contributed by atoms with Gasteiger partial charge in [0.2, 0.25) is 12.7 Å². The first kappa shape index (κ1) is 14.2. The van der Waals surface area contributed by atoms with E-state index in [4.69, 9.17) is 21.1 Å². The number of ether oxygens (including phenoxy) is 2. The van der Waals surface area contributed by atoms with E-state index in [2.05, 4.69) is 4.90 Å². The number of fused-ring (bicyclic) bond motifs is 2. The van der Waals surface area contributed by atoms with Crippen molar-refractivity contribution in [3.63, 3.8) is 0 Å². The Morgan fingerprint density at radius 2 is 2.05 bits per heavy atom. The van der Waals surface area contributed by atoms with E-state index in [0.29, 0.717) is 16.7 Å². The Hall–Kier alpha value is -1.46. The van der Waals surface area contributed by atoms with Crippen molar-refractivity contribution in [1.82, 2.24) is 9.80 Å². The highest BCUT2D eigenvalue weighted by Crippen LogP contribution is 2.38. The molecule has 3 aliphatic rings. The Kier molecular flexibility index (Phi) is 3.42. The zero-order chi connectivity index (χ0) is 15.3. The predicted molar refractivity (Wildman–Crippen MR) is 82.1 cm³/mol. The molecule has 0 aliphatic carbocycles. The summed E-state index contributed by atoms with van der Waals surface area (Å²) in [6.45, 7) is 3.66. The number of carbonyl (C=O) groups excluding carboxylic acids is 1. The topological polar surface area (TPSA) is 42.0 Å². The van der Waals surface area contributed by atoms with Crippen molar-refractivity contribution in [2.24, 2.45) is 11.8 Å². The third kappa shape index (κ3) is 2.32. The van der Waals surface area contributed by atoms with Crippen LogP contribution in [-0.4, -0.2) is 49.2 Å². The molecule has 3 aliphatic heterocycles. The van der Waals surface area contributed by atoms with E-state index in [9.17, 15) is 4.79 Å². The van der Waals surface area contributed by atoms with Crippen molar-refractivity contribution in [2.45, 2.75) is 13.0 Å². The van der Waals surface area contributed by atoms with E-state index in [-0.39, 0.29) is 18.6 Å². The van der Waals surface area contributed by atoms with E-state index in [0.717, 1.165) is 43.9 Å². The molecule has 6 heteroatoms. The zero-order valence-electron chi connectivity index (χ0n) is 12.5. The lowest BCUT2D eigenvalue weighted by Crippen LogP contribution is -2.42. The highest BCUT2D eigenvalue weighted by atomic mass is 35.5. The lowest BCUT2D eigenvalue weighted by Gasteiger charge is -2.30. The SMILES string of the molecule is CN1CC[C@@H]2CN(Cc3cc4c(cc3Cl)OCO4)C[C@@H]2C1=O. The molecule has 0 N–H and O–H groups in total. The minimum atomic E-state index is 0.145. The van der Waals surface area contributed by atoms with Gasteiger partial charge >= 0.3 is 0 Å². The van der Waals surface area contributed by atoms with Gasteiger partial charge in [-0.25, -0.2) is 0 Å². The molecule has 0 bridgehead atoms. The fourth-order valence-electron chi connectivity index (χ4n) is 3.74. The van der Waals surface area contributed by atoms with Gasteiger partial charge in [0.15, 0.2) is 11.5 Å². The number of hydrogen-bond donors (Lipinski definition) is 0. The Morgan fingerprint density at radius 3 is 2.86 bits per heavy atom. The Labute approximate surface area is 134 Å². The van der Waals surface area contributed by atoms with E-state index < -0.39 is 0 Å². The second kappa shape index (κ2) is 5.32. The molecule has 0 saturated carbocycles. The van der Waals surface area contributed by atoms with Crippen LogP contribution in [0.1, 0.15) is 12.0 Å². The number of halogens is 1. The monoisotopic (exact) mass is 322 g/mol. The number of benzene rings is 1. The van der Waals surface area contributed by atoms with E-state index in [1.54, 1.807) is 0 Å². The summed E-state index contributed by atoms with van der Waals surface area (Å²) in [6, 6.07) is 3.78. The molecule has 0 unspecified atom stereocenters. The van der Waals surface area contributed by atoms with Crippen LogP contribution in [0.5, 0.6) is 11.5 Å². The van der Waals surface area contributed by atoms with Crippen LogP contribution in [0.25, 0.3) is 0 Å². The molecule has 0 radical (unpaired) electrons. The number of piperidine rings is 1. The minimum absolute atomic E-state index is 0.145. The molecule has 118 valence electrons. The molecule has 2 saturated heterocycles. The van der Waals surface area contributed by atoms with Gasteiger partial charge in [-0.15, -0.1) is 0 Å². The summed E-state index contributed by atoms with van der Waals surface area (Å²) < 4.78 is 10.8. The minimum Gasteiger partial charge on any atom is -0.454 e. The van der Waals surface area contributed by atoms with Gasteiger partial charge in [-0.2, -0.15) is 0 Å². The molecule has 22 heavy (non-hydrogen) atoms. The van der Waals surface area contributed by atoms with Crippen LogP contribution >= 0.6 is 11.6 Å². The molecule has 0 aromatic heterocycles. The molecule has 2 fully saturated rings. The summed E-state index contributed by atoms with van der Waals surface area (Å²) in [5.74, 6) is 2.38. The van der Waals surface area contributed by atoms with Gasteiger partial charge in [-0.05, 0) is 24.0 Å². The quantitative estimate of drug-likeness (QED) is 0.835. The average Bonchev–Trinajstić information content (AvgIpc) is 3.10. The molecule has 3 heterocycles. The highest BCUT2D eigenvalue weighted by molar-refractivity contribution is 6.31. The first-order chi connectivity index (χ1) is 10.6. The number of nitrogens with zero attached hydrogens (tertiary/aromatic N) is 2. The summed E-state index contributed by atoms with van der Waals surface area (Å²) in [6.07, 6.45) is 1.10. The number of carbonyl (C=O) groups is 1. The van der Waals surface area contributed by atoms with Crippen molar-refractivity contribution in [2.75, 3.05) is 33.5 Å². The smallest absolute Gasteiger partial charge is 0.231 e. The number of hydrogen-bond acceptors (Lipinski definition) is 4. The van der Waals surface area contributed by atoms with Gasteiger partial charge in [0.1, 0.15) is 0 Å². The van der Waals surface area contributed by atoms with Crippen molar-refractivity contribution in [1.29, 1.82) is 0 Å². The fraction of sp³-hybridized carbons (Fsp3) is 0.562. The fourth-order valence-corrected chi connectivity index (χ4v) is 3.95. The third-order valence-electron chi connectivity index (χ3n) is 4.98. The second-order valence-electron chi connectivity index (χ2n) is 6.41. The Balaban J connectivity index is 1.50. The Bertz CT molecular complexity index is 622. The van der Waals surface area contributed by atoms with Crippen molar-refractivity contribution >= 4 is 17.5 Å². The molecule has 1 amide bonds. The first-order valence-corrected chi connectivity index (χ1v) is 8.05. The number of rotatable bonds is 2. The van der Waals surface area contributed by atoms with E-state index in [1.807, 2.05) is 24.1 Å². The summed E-state index contributed by atoms with van der Waals surface area (Å²) in [5.41, 5.74) is 1.03. The van der Waals surface area contributed by atoms with Crippen LogP contribution in [-0.2, 0) is 11.3 Å². The van der Waals surface area contributed by atoms with Crippen LogP contribution in [0, 0.1) is 11.8 Å². The molecule has 1 aromatic carbocycles. The van der Waals surface area contributed by atoms with Crippen molar-refractivity contribution < 1.29 is 14.3 Å². The van der Waals surface area contributed by atoms with Gasteiger partial charge in [0.25, 0.3) is 0 Å². The lowest BCUT2D eigenvalue weighted by molar-refractivity contribution is -0.137. The molecule has 1 aromatic rings. The molecule has 5 nitrogen and oxygen atoms in total. The lowest BCUT2D eigenvalue weighted by atomic mass is 9.88. The highest BCUT2D eigenvalue weighted by Gasteiger charge is 2.41. The van der Waals surface area contributed by atoms with Crippen molar-refractivity contribution in [3.05, 3.63) is 22.7 Å². The maximum atomic E-state index is 12.3. The standard InChI is InChI=1S/C16H19ClN2O3/c1-18-3-2-10-6-19(8-12(10)16(18)20)7-11-4-14-15(5-13(11)17)22-9-21-14/h4-5,10,12H,2-3,6-9H2,1H3/t10-,12+/m1/s1. The summed E-state index contributed by atoms with van der Waals surface area (Å²) in [4.78, 5) is 16.5. The van der Waals surface area contributed by atoms with Crippen LogP contribution in [0.4, 0.5) is 0 Å². The number of amides is 1. The summed E-state index contributed by atoms with van der Waals surface area (Å²) >= 11 is 6.35. The van der Waals surface area contributed by atoms with Crippen LogP contribution < -0.4 is 9.47 Å². The average molecular weight is 323 g/mol. The van der Waals surface area contributed by atoms with Gasteiger partial charge in [-0.1, -0.05) is 11.6 Å². The largest absolute Gasteiger partial charge is 0.454 e. The Morgan fingerprint density at radius 1 is 1.27 bits per heavy atom. The third-order valence-corrected chi connectivity index (χ3v) is 5.33. The van der Waals surface area contributed by atoms with Gasteiger partial charge in [-0.3, -0.25) is 9.69 Å². The van der Waals surface area contributed by atoms with Gasteiger partial charge < -0.3 is 14.4 Å². The van der Waals surface area contributed by atoms with Crippen LogP contribution in [0.3, 0.4) is 0 Å².